The molecule has 0 radical (unpaired) electrons. The number of likely N-dealkylation sites (tertiary alicyclic amines) is 1. The Balaban J connectivity index is 2.74. The first-order chi connectivity index (χ1) is 6.93. The lowest BCUT2D eigenvalue weighted by Crippen LogP contribution is -2.50. The number of rotatable bonds is 2. The first-order valence-electron chi connectivity index (χ1n) is 5.43. The molecule has 2 atom stereocenters. The lowest BCUT2D eigenvalue weighted by Gasteiger charge is -2.38. The summed E-state index contributed by atoms with van der Waals surface area (Å²) in [5.41, 5.74) is 0. The number of nitrogens with zero attached hydrogens (tertiary/aromatic N) is 1. The summed E-state index contributed by atoms with van der Waals surface area (Å²) in [5, 5.41) is 8.99. The molecule has 4 heteroatoms. The van der Waals surface area contributed by atoms with Crippen molar-refractivity contribution in [3.63, 3.8) is 0 Å². The molecule has 15 heavy (non-hydrogen) atoms. The van der Waals surface area contributed by atoms with Crippen LogP contribution >= 0.6 is 0 Å². The van der Waals surface area contributed by atoms with Gasteiger partial charge >= 0.3 is 5.97 Å². The maximum Gasteiger partial charge on any atom is 0.326 e. The molecule has 86 valence electrons. The Labute approximate surface area is 90.3 Å². The summed E-state index contributed by atoms with van der Waals surface area (Å²) >= 11 is 0. The zero-order chi connectivity index (χ0) is 11.6. The van der Waals surface area contributed by atoms with Crippen LogP contribution in [0.1, 0.15) is 33.6 Å². The third-order valence-corrected chi connectivity index (χ3v) is 3.25. The first kappa shape index (κ1) is 12.0. The summed E-state index contributed by atoms with van der Waals surface area (Å²) in [6.07, 6.45) is 1.48. The third-order valence-electron chi connectivity index (χ3n) is 3.25. The maximum atomic E-state index is 11.3. The van der Waals surface area contributed by atoms with Crippen molar-refractivity contribution in [3.8, 4) is 0 Å². The van der Waals surface area contributed by atoms with Gasteiger partial charge in [-0.15, -0.1) is 0 Å². The van der Waals surface area contributed by atoms with Crippen molar-refractivity contribution in [2.75, 3.05) is 6.54 Å². The van der Waals surface area contributed by atoms with Crippen LogP contribution in [-0.2, 0) is 9.59 Å². The standard InChI is InChI=1S/C11H19NO3/c1-7(2)9-4-5-10(11(14)15)12(6-9)8(3)13/h7,9-10H,4-6H2,1-3H3,(H,14,15). The number of carbonyl (C=O) groups is 2. The maximum absolute atomic E-state index is 11.3. The van der Waals surface area contributed by atoms with E-state index < -0.39 is 12.0 Å². The molecule has 4 nitrogen and oxygen atoms in total. The SMILES string of the molecule is CC(=O)N1CC(C(C)C)CCC1C(=O)O. The summed E-state index contributed by atoms with van der Waals surface area (Å²) in [6, 6.07) is -0.613. The van der Waals surface area contributed by atoms with Crippen molar-refractivity contribution in [1.29, 1.82) is 0 Å². The average Bonchev–Trinajstić information content (AvgIpc) is 2.16. The van der Waals surface area contributed by atoms with Crippen molar-refractivity contribution in [1.82, 2.24) is 4.90 Å². The van der Waals surface area contributed by atoms with Crippen LogP contribution in [0.2, 0.25) is 0 Å². The molecule has 1 rings (SSSR count). The molecule has 0 aromatic heterocycles. The van der Waals surface area contributed by atoms with Crippen LogP contribution in [0.25, 0.3) is 0 Å². The highest BCUT2D eigenvalue weighted by Gasteiger charge is 2.35. The fraction of sp³-hybridized carbons (Fsp3) is 0.818. The number of piperidine rings is 1. The van der Waals surface area contributed by atoms with E-state index in [1.54, 1.807) is 0 Å². The van der Waals surface area contributed by atoms with E-state index in [2.05, 4.69) is 13.8 Å². The second-order valence-corrected chi connectivity index (χ2v) is 4.61. The molecule has 1 fully saturated rings. The van der Waals surface area contributed by atoms with Crippen LogP contribution < -0.4 is 0 Å². The van der Waals surface area contributed by atoms with Gasteiger partial charge in [-0.2, -0.15) is 0 Å². The normalized spacial score (nSPS) is 26.8. The lowest BCUT2D eigenvalue weighted by atomic mass is 9.85. The summed E-state index contributed by atoms with van der Waals surface area (Å²) in [5.74, 6) is -0.0775. The lowest BCUT2D eigenvalue weighted by molar-refractivity contribution is -0.152. The number of amides is 1. The van der Waals surface area contributed by atoms with Crippen molar-refractivity contribution in [3.05, 3.63) is 0 Å². The van der Waals surface area contributed by atoms with Crippen LogP contribution in [-0.4, -0.2) is 34.5 Å². The van der Waals surface area contributed by atoms with Gasteiger partial charge in [-0.05, 0) is 24.7 Å². The molecule has 1 aliphatic rings. The Morgan fingerprint density at radius 1 is 1.33 bits per heavy atom. The third kappa shape index (κ3) is 2.70. The molecule has 0 spiro atoms. The van der Waals surface area contributed by atoms with Crippen molar-refractivity contribution < 1.29 is 14.7 Å². The smallest absolute Gasteiger partial charge is 0.326 e. The van der Waals surface area contributed by atoms with Crippen molar-refractivity contribution in [2.45, 2.75) is 39.7 Å². The van der Waals surface area contributed by atoms with Crippen LogP contribution in [0.5, 0.6) is 0 Å². The summed E-state index contributed by atoms with van der Waals surface area (Å²) in [7, 11) is 0. The molecule has 1 amide bonds. The quantitative estimate of drug-likeness (QED) is 0.753. The molecule has 0 bridgehead atoms. The summed E-state index contributed by atoms with van der Waals surface area (Å²) in [6.45, 7) is 6.26. The Morgan fingerprint density at radius 3 is 2.33 bits per heavy atom. The minimum Gasteiger partial charge on any atom is -0.480 e. The van der Waals surface area contributed by atoms with Gasteiger partial charge in [-0.25, -0.2) is 4.79 Å². The van der Waals surface area contributed by atoms with Gasteiger partial charge in [0.2, 0.25) is 5.91 Å². The summed E-state index contributed by atoms with van der Waals surface area (Å²) in [4.78, 5) is 23.8. The minimum atomic E-state index is -0.882. The highest BCUT2D eigenvalue weighted by atomic mass is 16.4. The Hall–Kier alpha value is -1.06. The van der Waals surface area contributed by atoms with Crippen LogP contribution in [0.15, 0.2) is 0 Å². The molecule has 0 saturated carbocycles. The van der Waals surface area contributed by atoms with Gasteiger partial charge in [0.25, 0.3) is 0 Å². The highest BCUT2D eigenvalue weighted by Crippen LogP contribution is 2.27. The largest absolute Gasteiger partial charge is 0.480 e. The van der Waals surface area contributed by atoms with Gasteiger partial charge in [0.05, 0.1) is 0 Å². The van der Waals surface area contributed by atoms with E-state index in [9.17, 15) is 9.59 Å². The number of aliphatic carboxylic acids is 1. The second-order valence-electron chi connectivity index (χ2n) is 4.61. The van der Waals surface area contributed by atoms with Gasteiger partial charge in [-0.3, -0.25) is 4.79 Å². The Kier molecular flexibility index (Phi) is 3.72. The molecule has 0 aromatic carbocycles. The van der Waals surface area contributed by atoms with Crippen molar-refractivity contribution in [2.24, 2.45) is 11.8 Å². The second kappa shape index (κ2) is 4.64. The molecule has 1 aliphatic heterocycles. The first-order valence-corrected chi connectivity index (χ1v) is 5.43. The van der Waals surface area contributed by atoms with E-state index in [4.69, 9.17) is 5.11 Å². The van der Waals surface area contributed by atoms with E-state index in [-0.39, 0.29) is 5.91 Å². The number of carboxylic acid groups (broad SMARTS) is 1. The van der Waals surface area contributed by atoms with Gasteiger partial charge < -0.3 is 10.0 Å². The topological polar surface area (TPSA) is 57.6 Å². The fourth-order valence-corrected chi connectivity index (χ4v) is 2.15. The molecule has 0 aromatic rings. The zero-order valence-electron chi connectivity index (χ0n) is 9.56. The van der Waals surface area contributed by atoms with E-state index in [1.807, 2.05) is 0 Å². The number of hydrogen-bond donors (Lipinski definition) is 1. The zero-order valence-corrected chi connectivity index (χ0v) is 9.56. The van der Waals surface area contributed by atoms with Gasteiger partial charge in [-0.1, -0.05) is 13.8 Å². The van der Waals surface area contributed by atoms with Crippen molar-refractivity contribution >= 4 is 11.9 Å². The summed E-state index contributed by atoms with van der Waals surface area (Å²) < 4.78 is 0. The molecule has 1 heterocycles. The van der Waals surface area contributed by atoms with E-state index in [1.165, 1.54) is 11.8 Å². The molecule has 1 N–H and O–H groups in total. The average molecular weight is 213 g/mol. The minimum absolute atomic E-state index is 0.132. The number of carbonyl (C=O) groups excluding carboxylic acids is 1. The van der Waals surface area contributed by atoms with Crippen LogP contribution in [0.3, 0.4) is 0 Å². The predicted octanol–water partition coefficient (Wildman–Crippen LogP) is 1.35. The molecule has 0 aliphatic carbocycles. The number of carboxylic acids is 1. The molecular formula is C11H19NO3. The van der Waals surface area contributed by atoms with Gasteiger partial charge in [0.15, 0.2) is 0 Å². The van der Waals surface area contributed by atoms with E-state index >= 15 is 0 Å². The molecule has 1 saturated heterocycles. The van der Waals surface area contributed by atoms with Gasteiger partial charge in [0.1, 0.15) is 6.04 Å². The van der Waals surface area contributed by atoms with Crippen LogP contribution in [0, 0.1) is 11.8 Å². The Morgan fingerprint density at radius 2 is 1.93 bits per heavy atom. The number of hydrogen-bond acceptors (Lipinski definition) is 2. The fourth-order valence-electron chi connectivity index (χ4n) is 2.15. The van der Waals surface area contributed by atoms with E-state index in [0.717, 1.165) is 6.42 Å². The highest BCUT2D eigenvalue weighted by molar-refractivity contribution is 5.82. The molecule has 2 unspecified atom stereocenters. The van der Waals surface area contributed by atoms with Gasteiger partial charge in [0, 0.05) is 13.5 Å². The predicted molar refractivity (Wildman–Crippen MR) is 56.4 cm³/mol. The van der Waals surface area contributed by atoms with Crippen LogP contribution in [0.4, 0.5) is 0 Å². The monoisotopic (exact) mass is 213 g/mol. The van der Waals surface area contributed by atoms with E-state index in [0.29, 0.717) is 24.8 Å². The Bertz CT molecular complexity index is 263. The molecular weight excluding hydrogens is 194 g/mol.